The number of aliphatic hydroxyl groups is 1. The van der Waals surface area contributed by atoms with E-state index in [2.05, 4.69) is 25.5 Å². The molecule has 3 heterocycles. The number of para-hydroxylation sites is 1. The molecule has 0 radical (unpaired) electrons. The molecular formula is C30H33N7O3. The highest BCUT2D eigenvalue weighted by atomic mass is 16.5. The molecule has 1 fully saturated rings. The Hall–Kier alpha value is -4.38. The number of hydrogen-bond acceptors (Lipinski definition) is 9. The molecule has 0 aliphatic carbocycles. The van der Waals surface area contributed by atoms with Gasteiger partial charge in [0.25, 0.3) is 0 Å². The van der Waals surface area contributed by atoms with Crippen LogP contribution in [0.25, 0.3) is 22.0 Å². The minimum absolute atomic E-state index is 0.00917. The average molecular weight is 540 g/mol. The summed E-state index contributed by atoms with van der Waals surface area (Å²) in [7, 11) is 3.90. The molecule has 1 aliphatic heterocycles. The number of ether oxygens (including phenoxy) is 1. The number of fused-ring (bicyclic) bond motifs is 1. The summed E-state index contributed by atoms with van der Waals surface area (Å²) in [6, 6.07) is 17.5. The molecule has 2 aromatic heterocycles. The fourth-order valence-corrected chi connectivity index (χ4v) is 4.48. The Labute approximate surface area is 233 Å². The molecule has 0 spiro atoms. The number of anilines is 4. The van der Waals surface area contributed by atoms with Gasteiger partial charge in [0.05, 0.1) is 36.7 Å². The Kier molecular flexibility index (Phi) is 8.60. The van der Waals surface area contributed by atoms with E-state index in [0.29, 0.717) is 31.3 Å². The van der Waals surface area contributed by atoms with Gasteiger partial charge in [-0.05, 0) is 43.9 Å². The van der Waals surface area contributed by atoms with Gasteiger partial charge in [-0.15, -0.1) is 0 Å². The largest absolute Gasteiger partial charge is 0.394 e. The van der Waals surface area contributed by atoms with E-state index in [9.17, 15) is 9.90 Å². The number of morpholine rings is 1. The summed E-state index contributed by atoms with van der Waals surface area (Å²) in [5.74, 6) is 1.11. The van der Waals surface area contributed by atoms with E-state index in [4.69, 9.17) is 9.72 Å². The lowest BCUT2D eigenvalue weighted by molar-refractivity contribution is -0.111. The maximum Gasteiger partial charge on any atom is 0.248 e. The molecule has 2 aromatic carbocycles. The van der Waals surface area contributed by atoms with E-state index < -0.39 is 0 Å². The standard InChI is InChI=1S/C30H33N7O3/c1-36(2)13-5-10-28(39)33-23-8-3-6-21(16-23)26-9-4-7-22-17-32-30(35-29(22)26)34-24-11-12-27(31-18-24)37-14-15-40-25(19-37)20-38/h3-12,16-18,25,38H,13-15,19-20H2,1-2H3,(H,33,39)(H,32,34,35). The fraction of sp³-hybridized carbons (Fsp3) is 0.267. The number of hydrogen-bond donors (Lipinski definition) is 3. The highest BCUT2D eigenvalue weighted by Crippen LogP contribution is 2.30. The van der Waals surface area contributed by atoms with Crippen molar-refractivity contribution in [3.8, 4) is 11.1 Å². The third-order valence-electron chi connectivity index (χ3n) is 6.46. The number of aliphatic hydroxyl groups excluding tert-OH is 1. The van der Waals surface area contributed by atoms with Crippen molar-refractivity contribution in [2.75, 3.05) is 62.5 Å². The van der Waals surface area contributed by atoms with Crippen LogP contribution in [0.1, 0.15) is 0 Å². The van der Waals surface area contributed by atoms with E-state index >= 15 is 0 Å². The zero-order valence-corrected chi connectivity index (χ0v) is 22.6. The molecule has 0 bridgehead atoms. The molecule has 1 amide bonds. The molecule has 1 saturated heterocycles. The Bertz CT molecular complexity index is 1490. The first-order valence-corrected chi connectivity index (χ1v) is 13.2. The lowest BCUT2D eigenvalue weighted by atomic mass is 10.0. The summed E-state index contributed by atoms with van der Waals surface area (Å²) >= 11 is 0. The van der Waals surface area contributed by atoms with Gasteiger partial charge in [0.2, 0.25) is 11.9 Å². The summed E-state index contributed by atoms with van der Waals surface area (Å²) < 4.78 is 5.53. The second kappa shape index (κ2) is 12.6. The van der Waals surface area contributed by atoms with Crippen LogP contribution in [-0.4, -0.2) is 83.9 Å². The first-order valence-electron chi connectivity index (χ1n) is 13.2. The number of nitrogens with one attached hydrogen (secondary N) is 2. The van der Waals surface area contributed by atoms with E-state index in [1.807, 2.05) is 79.7 Å². The molecular weight excluding hydrogens is 506 g/mol. The third-order valence-corrected chi connectivity index (χ3v) is 6.46. The van der Waals surface area contributed by atoms with E-state index in [-0.39, 0.29) is 18.6 Å². The van der Waals surface area contributed by atoms with Crippen LogP contribution < -0.4 is 15.5 Å². The topological polar surface area (TPSA) is 116 Å². The predicted molar refractivity (Wildman–Crippen MR) is 158 cm³/mol. The van der Waals surface area contributed by atoms with Crippen molar-refractivity contribution in [1.82, 2.24) is 19.9 Å². The summed E-state index contributed by atoms with van der Waals surface area (Å²) in [4.78, 5) is 30.3. The summed E-state index contributed by atoms with van der Waals surface area (Å²) in [5, 5.41) is 16.5. The SMILES string of the molecule is CN(C)CC=CC(=O)Nc1cccc(-c2cccc3cnc(Nc4ccc(N5CCOC(CO)C5)nc4)nc23)c1. The van der Waals surface area contributed by atoms with Gasteiger partial charge in [-0.25, -0.2) is 15.0 Å². The highest BCUT2D eigenvalue weighted by molar-refractivity contribution is 6.00. The molecule has 1 aliphatic rings. The van der Waals surface area contributed by atoms with Crippen molar-refractivity contribution in [2.24, 2.45) is 0 Å². The van der Waals surface area contributed by atoms with E-state index in [1.54, 1.807) is 18.5 Å². The molecule has 10 nitrogen and oxygen atoms in total. The maximum absolute atomic E-state index is 12.3. The minimum atomic E-state index is -0.199. The van der Waals surface area contributed by atoms with Gasteiger partial charge in [0, 0.05) is 48.5 Å². The molecule has 10 heteroatoms. The van der Waals surface area contributed by atoms with E-state index in [1.165, 1.54) is 0 Å². The molecule has 1 unspecified atom stereocenters. The van der Waals surface area contributed by atoms with Gasteiger partial charge in [0.15, 0.2) is 0 Å². The third kappa shape index (κ3) is 6.78. The zero-order valence-electron chi connectivity index (χ0n) is 22.6. The minimum Gasteiger partial charge on any atom is -0.394 e. The van der Waals surface area contributed by atoms with Crippen LogP contribution >= 0.6 is 0 Å². The average Bonchev–Trinajstić information content (AvgIpc) is 2.97. The van der Waals surface area contributed by atoms with Crippen LogP contribution in [0.3, 0.4) is 0 Å². The summed E-state index contributed by atoms with van der Waals surface area (Å²) in [6.07, 6.45) is 6.71. The number of pyridine rings is 1. The van der Waals surface area contributed by atoms with Crippen molar-refractivity contribution < 1.29 is 14.6 Å². The van der Waals surface area contributed by atoms with Crippen LogP contribution in [-0.2, 0) is 9.53 Å². The smallest absolute Gasteiger partial charge is 0.248 e. The second-order valence-electron chi connectivity index (χ2n) is 9.82. The van der Waals surface area contributed by atoms with Gasteiger partial charge in [-0.3, -0.25) is 4.79 Å². The Morgan fingerprint density at radius 3 is 2.80 bits per heavy atom. The number of rotatable bonds is 9. The molecule has 1 atom stereocenters. The molecule has 206 valence electrons. The van der Waals surface area contributed by atoms with Gasteiger partial charge in [0.1, 0.15) is 5.82 Å². The van der Waals surface area contributed by atoms with E-state index in [0.717, 1.165) is 40.1 Å². The Morgan fingerprint density at radius 2 is 2.00 bits per heavy atom. The van der Waals surface area contributed by atoms with Gasteiger partial charge < -0.3 is 30.3 Å². The quantitative estimate of drug-likeness (QED) is 0.274. The number of aromatic nitrogens is 3. The van der Waals surface area contributed by atoms with Crippen molar-refractivity contribution in [2.45, 2.75) is 6.10 Å². The van der Waals surface area contributed by atoms with Crippen LogP contribution in [0.2, 0.25) is 0 Å². The van der Waals surface area contributed by atoms with Crippen molar-refractivity contribution in [3.63, 3.8) is 0 Å². The molecule has 0 saturated carbocycles. The molecule has 40 heavy (non-hydrogen) atoms. The molecule has 4 aromatic rings. The van der Waals surface area contributed by atoms with Crippen molar-refractivity contribution in [3.05, 3.63) is 79.1 Å². The molecule has 3 N–H and O–H groups in total. The molecule has 5 rings (SSSR count). The number of carbonyl (C=O) groups is 1. The number of likely N-dealkylation sites (N-methyl/N-ethyl adjacent to an activating group) is 1. The van der Waals surface area contributed by atoms with Gasteiger partial charge in [-0.2, -0.15) is 0 Å². The second-order valence-corrected chi connectivity index (χ2v) is 9.82. The number of nitrogens with zero attached hydrogens (tertiary/aromatic N) is 5. The van der Waals surface area contributed by atoms with Crippen molar-refractivity contribution in [1.29, 1.82) is 0 Å². The van der Waals surface area contributed by atoms with Gasteiger partial charge >= 0.3 is 0 Å². The van der Waals surface area contributed by atoms with Gasteiger partial charge in [-0.1, -0.05) is 36.4 Å². The zero-order chi connectivity index (χ0) is 27.9. The maximum atomic E-state index is 12.3. The lowest BCUT2D eigenvalue weighted by Gasteiger charge is -2.32. The van der Waals surface area contributed by atoms with Crippen LogP contribution in [0.4, 0.5) is 23.1 Å². The monoisotopic (exact) mass is 539 g/mol. The highest BCUT2D eigenvalue weighted by Gasteiger charge is 2.20. The number of carbonyl (C=O) groups excluding carboxylic acids is 1. The van der Waals surface area contributed by atoms with Crippen molar-refractivity contribution >= 4 is 40.0 Å². The number of benzene rings is 2. The van der Waals surface area contributed by atoms with Crippen LogP contribution in [0.5, 0.6) is 0 Å². The summed E-state index contributed by atoms with van der Waals surface area (Å²) in [6.45, 7) is 2.57. The van der Waals surface area contributed by atoms with Crippen LogP contribution in [0, 0.1) is 0 Å². The Balaban J connectivity index is 1.33. The predicted octanol–water partition coefficient (Wildman–Crippen LogP) is 3.69. The number of amides is 1. The lowest BCUT2D eigenvalue weighted by Crippen LogP contribution is -2.44. The first kappa shape index (κ1) is 27.2. The Morgan fingerprint density at radius 1 is 1.12 bits per heavy atom. The summed E-state index contributed by atoms with van der Waals surface area (Å²) in [5.41, 5.74) is 4.13. The van der Waals surface area contributed by atoms with Crippen LogP contribution in [0.15, 0.2) is 79.1 Å². The fourth-order valence-electron chi connectivity index (χ4n) is 4.48. The first-order chi connectivity index (χ1) is 19.5. The normalized spacial score (nSPS) is 15.6.